The third-order valence-electron chi connectivity index (χ3n) is 6.82. The van der Waals surface area contributed by atoms with Gasteiger partial charge in [-0.1, -0.05) is 62.7 Å². The largest absolute Gasteiger partial charge is 0.349 e. The minimum absolute atomic E-state index is 0.0481. The summed E-state index contributed by atoms with van der Waals surface area (Å²) in [5.74, 6) is 0.999. The molecule has 2 aliphatic rings. The van der Waals surface area contributed by atoms with Crippen LogP contribution in [-0.4, -0.2) is 24.9 Å². The number of amides is 2. The second-order valence-corrected chi connectivity index (χ2v) is 9.94. The molecule has 2 aromatic rings. The Morgan fingerprint density at radius 3 is 2.71 bits per heavy atom. The van der Waals surface area contributed by atoms with Crippen molar-refractivity contribution in [2.75, 3.05) is 11.9 Å². The van der Waals surface area contributed by atoms with Crippen LogP contribution in [0.15, 0.2) is 52.3 Å². The van der Waals surface area contributed by atoms with Crippen LogP contribution in [0, 0.1) is 18.8 Å². The lowest BCUT2D eigenvalue weighted by Crippen LogP contribution is -2.43. The fourth-order valence-corrected chi connectivity index (χ4v) is 5.55. The van der Waals surface area contributed by atoms with E-state index in [-0.39, 0.29) is 17.9 Å². The fourth-order valence-electron chi connectivity index (χ4n) is 4.46. The predicted molar refractivity (Wildman–Crippen MR) is 128 cm³/mol. The molecular weight excluding hydrogens is 404 g/mol. The summed E-state index contributed by atoms with van der Waals surface area (Å²) in [5, 5.41) is 3.24. The molecule has 162 valence electrons. The molecule has 5 heteroatoms. The first-order valence-electron chi connectivity index (χ1n) is 11.0. The SMILES string of the molecule is Cc1ccccc1/C=C1\Sc2ccc(C(=O)NC3CCCC(C)C3C)cc2N(C)C1=O. The molecule has 1 fully saturated rings. The molecule has 4 rings (SSSR count). The Balaban J connectivity index is 1.56. The molecule has 0 bridgehead atoms. The maximum Gasteiger partial charge on any atom is 0.264 e. The van der Waals surface area contributed by atoms with Crippen molar-refractivity contribution in [3.63, 3.8) is 0 Å². The van der Waals surface area contributed by atoms with Crippen molar-refractivity contribution in [3.8, 4) is 0 Å². The Bertz CT molecular complexity index is 1050. The van der Waals surface area contributed by atoms with Gasteiger partial charge in [-0.25, -0.2) is 0 Å². The van der Waals surface area contributed by atoms with Crippen molar-refractivity contribution in [1.82, 2.24) is 5.32 Å². The maximum atomic E-state index is 13.0. The predicted octanol–water partition coefficient (Wildman–Crippen LogP) is 5.66. The third kappa shape index (κ3) is 4.42. The number of carbonyl (C=O) groups excluding carboxylic acids is 2. The quantitative estimate of drug-likeness (QED) is 0.634. The molecular formula is C26H30N2O2S. The minimum atomic E-state index is -0.0548. The number of likely N-dealkylation sites (N-methyl/N-ethyl adjacent to an activating group) is 1. The lowest BCUT2D eigenvalue weighted by molar-refractivity contribution is -0.114. The van der Waals surface area contributed by atoms with Crippen LogP contribution in [0.25, 0.3) is 6.08 Å². The number of benzene rings is 2. The van der Waals surface area contributed by atoms with E-state index in [1.54, 1.807) is 11.9 Å². The molecule has 4 nitrogen and oxygen atoms in total. The van der Waals surface area contributed by atoms with Crippen molar-refractivity contribution in [2.24, 2.45) is 11.8 Å². The van der Waals surface area contributed by atoms with Crippen LogP contribution in [0.4, 0.5) is 5.69 Å². The number of fused-ring (bicyclic) bond motifs is 1. The van der Waals surface area contributed by atoms with Gasteiger partial charge in [-0.05, 0) is 60.6 Å². The van der Waals surface area contributed by atoms with Gasteiger partial charge in [0.15, 0.2) is 0 Å². The molecule has 3 unspecified atom stereocenters. The first-order valence-corrected chi connectivity index (χ1v) is 11.8. The zero-order chi connectivity index (χ0) is 22.1. The van der Waals surface area contributed by atoms with Crippen molar-refractivity contribution in [2.45, 2.75) is 51.0 Å². The van der Waals surface area contributed by atoms with Gasteiger partial charge in [0.1, 0.15) is 0 Å². The highest BCUT2D eigenvalue weighted by Gasteiger charge is 2.30. The number of nitrogens with one attached hydrogen (secondary N) is 1. The summed E-state index contributed by atoms with van der Waals surface area (Å²) >= 11 is 1.47. The number of thioether (sulfide) groups is 1. The van der Waals surface area contributed by atoms with Crippen molar-refractivity contribution in [3.05, 3.63) is 64.1 Å². The zero-order valence-electron chi connectivity index (χ0n) is 18.6. The van der Waals surface area contributed by atoms with Gasteiger partial charge in [-0.2, -0.15) is 0 Å². The number of nitrogens with zero attached hydrogens (tertiary/aromatic N) is 1. The third-order valence-corrected chi connectivity index (χ3v) is 7.89. The molecule has 0 radical (unpaired) electrons. The Morgan fingerprint density at radius 2 is 1.94 bits per heavy atom. The van der Waals surface area contributed by atoms with Gasteiger partial charge in [0.25, 0.3) is 11.8 Å². The summed E-state index contributed by atoms with van der Waals surface area (Å²) in [6.07, 6.45) is 5.37. The second-order valence-electron chi connectivity index (χ2n) is 8.86. The van der Waals surface area contributed by atoms with Crippen LogP contribution in [0.5, 0.6) is 0 Å². The Hall–Kier alpha value is -2.53. The highest BCUT2D eigenvalue weighted by molar-refractivity contribution is 8.04. The van der Waals surface area contributed by atoms with E-state index in [1.165, 1.54) is 18.2 Å². The lowest BCUT2D eigenvalue weighted by atomic mass is 9.78. The summed E-state index contributed by atoms with van der Waals surface area (Å²) in [4.78, 5) is 29.3. The number of anilines is 1. The van der Waals surface area contributed by atoms with Crippen molar-refractivity contribution in [1.29, 1.82) is 0 Å². The molecule has 1 aliphatic heterocycles. The summed E-state index contributed by atoms with van der Waals surface area (Å²) < 4.78 is 0. The van der Waals surface area contributed by atoms with Gasteiger partial charge in [-0.3, -0.25) is 9.59 Å². The molecule has 3 atom stereocenters. The molecule has 0 spiro atoms. The van der Waals surface area contributed by atoms with Gasteiger partial charge < -0.3 is 10.2 Å². The fraction of sp³-hybridized carbons (Fsp3) is 0.385. The first-order chi connectivity index (χ1) is 14.8. The van der Waals surface area contributed by atoms with Crippen LogP contribution in [0.3, 0.4) is 0 Å². The molecule has 1 N–H and O–H groups in total. The second kappa shape index (κ2) is 8.91. The monoisotopic (exact) mass is 434 g/mol. The molecule has 1 saturated carbocycles. The van der Waals surface area contributed by atoms with Crippen LogP contribution in [0.1, 0.15) is 54.6 Å². The van der Waals surface area contributed by atoms with E-state index >= 15 is 0 Å². The summed E-state index contributed by atoms with van der Waals surface area (Å²) in [6, 6.07) is 13.9. The van der Waals surface area contributed by atoms with Crippen LogP contribution in [-0.2, 0) is 4.79 Å². The van der Waals surface area contributed by atoms with E-state index in [1.807, 2.05) is 55.5 Å². The van der Waals surface area contributed by atoms with E-state index in [2.05, 4.69) is 19.2 Å². The summed E-state index contributed by atoms with van der Waals surface area (Å²) in [7, 11) is 1.78. The van der Waals surface area contributed by atoms with Crippen LogP contribution in [0.2, 0.25) is 0 Å². The topological polar surface area (TPSA) is 49.4 Å². The Morgan fingerprint density at radius 1 is 1.16 bits per heavy atom. The number of hydrogen-bond donors (Lipinski definition) is 1. The molecule has 2 amide bonds. The number of rotatable bonds is 3. The van der Waals surface area contributed by atoms with Crippen LogP contribution >= 0.6 is 11.8 Å². The summed E-state index contributed by atoms with van der Waals surface area (Å²) in [6.45, 7) is 6.54. The van der Waals surface area contributed by atoms with Crippen molar-refractivity contribution < 1.29 is 9.59 Å². The lowest BCUT2D eigenvalue weighted by Gasteiger charge is -2.34. The smallest absolute Gasteiger partial charge is 0.264 e. The molecule has 0 saturated heterocycles. The number of carbonyl (C=O) groups is 2. The molecule has 1 heterocycles. The average Bonchev–Trinajstić information content (AvgIpc) is 2.76. The van der Waals surface area contributed by atoms with E-state index in [0.717, 1.165) is 34.6 Å². The van der Waals surface area contributed by atoms with E-state index in [9.17, 15) is 9.59 Å². The Labute approximate surface area is 189 Å². The minimum Gasteiger partial charge on any atom is -0.349 e. The summed E-state index contributed by atoms with van der Waals surface area (Å²) in [5.41, 5.74) is 3.57. The molecule has 0 aromatic heterocycles. The molecule has 2 aromatic carbocycles. The number of aryl methyl sites for hydroxylation is 1. The average molecular weight is 435 g/mol. The molecule has 1 aliphatic carbocycles. The van der Waals surface area contributed by atoms with Gasteiger partial charge >= 0.3 is 0 Å². The van der Waals surface area contributed by atoms with Crippen LogP contribution < -0.4 is 10.2 Å². The standard InChI is InChI=1S/C26H30N2O2S/c1-16-9-7-11-21(18(16)3)27-25(29)20-12-13-23-22(14-20)28(4)26(30)24(31-23)15-19-10-6-5-8-17(19)2/h5-6,8,10,12-16,18,21H,7,9,11H2,1-4H3,(H,27,29)/b24-15-. The van der Waals surface area contributed by atoms with Crippen molar-refractivity contribution >= 4 is 35.3 Å². The van der Waals surface area contributed by atoms with E-state index in [0.29, 0.717) is 22.3 Å². The van der Waals surface area contributed by atoms with Gasteiger partial charge in [0.2, 0.25) is 0 Å². The van der Waals surface area contributed by atoms with Gasteiger partial charge in [0, 0.05) is 23.5 Å². The maximum absolute atomic E-state index is 13.0. The van der Waals surface area contributed by atoms with Gasteiger partial charge in [-0.15, -0.1) is 0 Å². The van der Waals surface area contributed by atoms with E-state index in [4.69, 9.17) is 0 Å². The molecule has 31 heavy (non-hydrogen) atoms. The Kier molecular flexibility index (Phi) is 6.24. The number of hydrogen-bond acceptors (Lipinski definition) is 3. The first kappa shape index (κ1) is 21.7. The normalized spacial score (nSPS) is 24.8. The van der Waals surface area contributed by atoms with E-state index < -0.39 is 0 Å². The van der Waals surface area contributed by atoms with Gasteiger partial charge in [0.05, 0.1) is 10.6 Å². The highest BCUT2D eigenvalue weighted by Crippen LogP contribution is 2.42. The zero-order valence-corrected chi connectivity index (χ0v) is 19.5. The highest BCUT2D eigenvalue weighted by atomic mass is 32.2.